The first-order chi connectivity index (χ1) is 9.18. The van der Waals surface area contributed by atoms with Crippen LogP contribution in [0.1, 0.15) is 12.5 Å². The van der Waals surface area contributed by atoms with E-state index in [1.807, 2.05) is 37.3 Å². The smallest absolute Gasteiger partial charge is 0.147 e. The number of hydrogen-bond donors (Lipinski definition) is 3. The number of benzene rings is 1. The Morgan fingerprint density at radius 2 is 1.84 bits per heavy atom. The highest BCUT2D eigenvalue weighted by molar-refractivity contribution is 5.45. The van der Waals surface area contributed by atoms with Gasteiger partial charge in [0.15, 0.2) is 0 Å². The molecule has 0 radical (unpaired) electrons. The van der Waals surface area contributed by atoms with Crippen molar-refractivity contribution in [2.75, 3.05) is 24.3 Å². The maximum atomic E-state index is 9.70. The Balaban J connectivity index is 2.27. The van der Waals surface area contributed by atoms with Crippen LogP contribution in [0.4, 0.5) is 11.6 Å². The Kier molecular flexibility index (Phi) is 3.97. The molecule has 5 nitrogen and oxygen atoms in total. The van der Waals surface area contributed by atoms with Crippen LogP contribution in [0.15, 0.2) is 42.7 Å². The molecule has 0 amide bonds. The van der Waals surface area contributed by atoms with Crippen molar-refractivity contribution in [2.45, 2.75) is 12.5 Å². The molecule has 0 aliphatic heterocycles. The number of nitrogens with zero attached hydrogens (tertiary/aromatic N) is 2. The third kappa shape index (κ3) is 3.00. The Morgan fingerprint density at radius 1 is 1.16 bits per heavy atom. The highest BCUT2D eigenvalue weighted by Crippen LogP contribution is 2.24. The van der Waals surface area contributed by atoms with Crippen molar-refractivity contribution in [1.82, 2.24) is 9.97 Å². The number of anilines is 2. The van der Waals surface area contributed by atoms with Gasteiger partial charge in [-0.05, 0) is 12.5 Å². The summed E-state index contributed by atoms with van der Waals surface area (Å²) in [5, 5.41) is 15.9. The van der Waals surface area contributed by atoms with Crippen molar-refractivity contribution in [1.29, 1.82) is 0 Å². The highest BCUT2D eigenvalue weighted by Gasteiger charge is 2.25. The highest BCUT2D eigenvalue weighted by atomic mass is 16.3. The summed E-state index contributed by atoms with van der Waals surface area (Å²) in [6.07, 6.45) is 3.28. The zero-order valence-electron chi connectivity index (χ0n) is 11.1. The SMILES string of the molecule is CNc1cncc(NC(C)(CO)c2ccccc2)n1. The minimum absolute atomic E-state index is 0.0392. The van der Waals surface area contributed by atoms with Crippen LogP contribution in [0, 0.1) is 0 Å². The second kappa shape index (κ2) is 5.67. The molecule has 1 heterocycles. The van der Waals surface area contributed by atoms with E-state index in [9.17, 15) is 5.11 Å². The molecular formula is C14H18N4O. The molecule has 100 valence electrons. The van der Waals surface area contributed by atoms with Gasteiger partial charge in [-0.2, -0.15) is 0 Å². The maximum Gasteiger partial charge on any atom is 0.147 e. The molecule has 0 bridgehead atoms. The van der Waals surface area contributed by atoms with Crippen molar-refractivity contribution in [2.24, 2.45) is 0 Å². The lowest BCUT2D eigenvalue weighted by Crippen LogP contribution is -2.36. The van der Waals surface area contributed by atoms with Gasteiger partial charge in [-0.25, -0.2) is 4.98 Å². The quantitative estimate of drug-likeness (QED) is 0.763. The van der Waals surface area contributed by atoms with E-state index >= 15 is 0 Å². The number of rotatable bonds is 5. The zero-order valence-corrected chi connectivity index (χ0v) is 11.1. The Morgan fingerprint density at radius 3 is 2.47 bits per heavy atom. The fourth-order valence-corrected chi connectivity index (χ4v) is 1.84. The van der Waals surface area contributed by atoms with Gasteiger partial charge in [-0.1, -0.05) is 30.3 Å². The molecule has 3 N–H and O–H groups in total. The van der Waals surface area contributed by atoms with Crippen LogP contribution >= 0.6 is 0 Å². The molecule has 1 aromatic carbocycles. The molecule has 1 aromatic heterocycles. The van der Waals surface area contributed by atoms with Crippen LogP contribution in [0.25, 0.3) is 0 Å². The lowest BCUT2D eigenvalue weighted by atomic mass is 9.93. The van der Waals surface area contributed by atoms with Crippen molar-refractivity contribution in [3.05, 3.63) is 48.3 Å². The van der Waals surface area contributed by atoms with Crippen molar-refractivity contribution >= 4 is 11.6 Å². The first-order valence-electron chi connectivity index (χ1n) is 6.12. The summed E-state index contributed by atoms with van der Waals surface area (Å²) in [4.78, 5) is 8.45. The van der Waals surface area contributed by atoms with Gasteiger partial charge in [-0.3, -0.25) is 4.98 Å². The van der Waals surface area contributed by atoms with Gasteiger partial charge in [-0.15, -0.1) is 0 Å². The number of aromatic nitrogens is 2. The fourth-order valence-electron chi connectivity index (χ4n) is 1.84. The molecule has 0 aliphatic carbocycles. The predicted octanol–water partition coefficient (Wildman–Crippen LogP) is 1.84. The second-order valence-electron chi connectivity index (χ2n) is 4.52. The number of aliphatic hydroxyl groups is 1. The standard InChI is InChI=1S/C14H18N4O/c1-14(10-19,11-6-4-3-5-7-11)18-13-9-16-8-12(15-2)17-13/h3-9,19H,10H2,1-2H3,(H2,15,17,18). The van der Waals surface area contributed by atoms with Gasteiger partial charge in [0.25, 0.3) is 0 Å². The van der Waals surface area contributed by atoms with Crippen molar-refractivity contribution in [3.63, 3.8) is 0 Å². The van der Waals surface area contributed by atoms with E-state index in [1.165, 1.54) is 0 Å². The van der Waals surface area contributed by atoms with Crippen LogP contribution in [0.5, 0.6) is 0 Å². The molecule has 0 saturated heterocycles. The first kappa shape index (κ1) is 13.3. The largest absolute Gasteiger partial charge is 0.394 e. The fraction of sp³-hybridized carbons (Fsp3) is 0.286. The molecule has 0 fully saturated rings. The molecule has 19 heavy (non-hydrogen) atoms. The van der Waals surface area contributed by atoms with E-state index in [-0.39, 0.29) is 6.61 Å². The lowest BCUT2D eigenvalue weighted by Gasteiger charge is -2.29. The molecule has 5 heteroatoms. The van der Waals surface area contributed by atoms with E-state index in [0.717, 1.165) is 5.56 Å². The third-order valence-electron chi connectivity index (χ3n) is 3.02. The van der Waals surface area contributed by atoms with Gasteiger partial charge >= 0.3 is 0 Å². The normalized spacial score (nSPS) is 13.6. The minimum atomic E-state index is -0.595. The third-order valence-corrected chi connectivity index (χ3v) is 3.02. The topological polar surface area (TPSA) is 70.1 Å². The van der Waals surface area contributed by atoms with E-state index in [1.54, 1.807) is 19.4 Å². The Labute approximate surface area is 112 Å². The predicted molar refractivity (Wildman–Crippen MR) is 76.1 cm³/mol. The zero-order chi connectivity index (χ0) is 13.7. The molecular weight excluding hydrogens is 240 g/mol. The van der Waals surface area contributed by atoms with Crippen LogP contribution in [0.3, 0.4) is 0 Å². The molecule has 1 unspecified atom stereocenters. The molecule has 1 atom stereocenters. The van der Waals surface area contributed by atoms with Crippen molar-refractivity contribution < 1.29 is 5.11 Å². The van der Waals surface area contributed by atoms with Gasteiger partial charge in [0.05, 0.1) is 24.5 Å². The van der Waals surface area contributed by atoms with Crippen molar-refractivity contribution in [3.8, 4) is 0 Å². The lowest BCUT2D eigenvalue weighted by molar-refractivity contribution is 0.223. The summed E-state index contributed by atoms with van der Waals surface area (Å²) >= 11 is 0. The van der Waals surface area contributed by atoms with Gasteiger partial charge in [0.2, 0.25) is 0 Å². The molecule has 2 aromatic rings. The summed E-state index contributed by atoms with van der Waals surface area (Å²) in [5.41, 5.74) is 0.400. The summed E-state index contributed by atoms with van der Waals surface area (Å²) in [5.74, 6) is 1.30. The summed E-state index contributed by atoms with van der Waals surface area (Å²) in [7, 11) is 1.79. The van der Waals surface area contributed by atoms with Gasteiger partial charge < -0.3 is 15.7 Å². The van der Waals surface area contributed by atoms with Crippen LogP contribution in [0.2, 0.25) is 0 Å². The number of hydrogen-bond acceptors (Lipinski definition) is 5. The van der Waals surface area contributed by atoms with E-state index in [2.05, 4.69) is 20.6 Å². The molecule has 0 saturated carbocycles. The van der Waals surface area contributed by atoms with Gasteiger partial charge in [0.1, 0.15) is 11.6 Å². The van der Waals surface area contributed by atoms with E-state index in [4.69, 9.17) is 0 Å². The van der Waals surface area contributed by atoms with E-state index in [0.29, 0.717) is 11.6 Å². The first-order valence-corrected chi connectivity index (χ1v) is 6.12. The number of aliphatic hydroxyl groups excluding tert-OH is 1. The molecule has 0 aliphatic rings. The maximum absolute atomic E-state index is 9.70. The molecule has 0 spiro atoms. The average molecular weight is 258 g/mol. The van der Waals surface area contributed by atoms with E-state index < -0.39 is 5.54 Å². The summed E-state index contributed by atoms with van der Waals surface area (Å²) < 4.78 is 0. The second-order valence-corrected chi connectivity index (χ2v) is 4.52. The van der Waals surface area contributed by atoms with Crippen LogP contribution in [-0.4, -0.2) is 28.7 Å². The monoisotopic (exact) mass is 258 g/mol. The Bertz CT molecular complexity index is 532. The summed E-state index contributed by atoms with van der Waals surface area (Å²) in [6.45, 7) is 1.89. The number of nitrogens with one attached hydrogen (secondary N) is 2. The Hall–Kier alpha value is -2.14. The van der Waals surface area contributed by atoms with Crippen LogP contribution in [-0.2, 0) is 5.54 Å². The molecule has 2 rings (SSSR count). The van der Waals surface area contributed by atoms with Crippen LogP contribution < -0.4 is 10.6 Å². The average Bonchev–Trinajstić information content (AvgIpc) is 2.48. The minimum Gasteiger partial charge on any atom is -0.394 e. The summed E-state index contributed by atoms with van der Waals surface area (Å²) in [6, 6.07) is 9.78. The van der Waals surface area contributed by atoms with Gasteiger partial charge in [0, 0.05) is 7.05 Å².